The molecular weight excluding hydrogens is 264 g/mol. The topological polar surface area (TPSA) is 12.0 Å². The van der Waals surface area contributed by atoms with E-state index in [4.69, 9.17) is 0 Å². The van der Waals surface area contributed by atoms with Crippen LogP contribution in [0.2, 0.25) is 0 Å². The van der Waals surface area contributed by atoms with E-state index in [1.165, 1.54) is 0 Å². The van der Waals surface area contributed by atoms with Gasteiger partial charge in [0, 0.05) is 16.9 Å². The van der Waals surface area contributed by atoms with E-state index in [9.17, 15) is 8.78 Å². The minimum atomic E-state index is -2.54. The molecule has 1 N–H and O–H groups in total. The average molecular weight is 276 g/mol. The van der Waals surface area contributed by atoms with Gasteiger partial charge in [-0.3, -0.25) is 0 Å². The molecule has 82 valence electrons. The molecule has 0 spiro atoms. The predicted octanol–water partition coefficient (Wildman–Crippen LogP) is 3.02. The third-order valence-corrected chi connectivity index (χ3v) is 3.38. The normalized spacial score (nSPS) is 27.7. The molecule has 0 aromatic heterocycles. The fourth-order valence-corrected chi connectivity index (χ4v) is 2.25. The molecular formula is C11H12BrF2N. The van der Waals surface area contributed by atoms with Crippen LogP contribution in [0.5, 0.6) is 0 Å². The second-order valence-corrected chi connectivity index (χ2v) is 4.78. The summed E-state index contributed by atoms with van der Waals surface area (Å²) in [6, 6.07) is 7.14. The fraction of sp³-hybridized carbons (Fsp3) is 0.455. The van der Waals surface area contributed by atoms with Gasteiger partial charge in [0.1, 0.15) is 0 Å². The summed E-state index contributed by atoms with van der Waals surface area (Å²) < 4.78 is 27.7. The Hall–Kier alpha value is -0.480. The fourth-order valence-electron chi connectivity index (χ4n) is 1.99. The van der Waals surface area contributed by atoms with Crippen molar-refractivity contribution in [2.45, 2.75) is 11.8 Å². The van der Waals surface area contributed by atoms with Crippen molar-refractivity contribution in [3.63, 3.8) is 0 Å². The first-order chi connectivity index (χ1) is 7.07. The van der Waals surface area contributed by atoms with Crippen molar-refractivity contribution >= 4 is 15.9 Å². The highest BCUT2D eigenvalue weighted by Gasteiger charge is 2.67. The number of halogens is 3. The third kappa shape index (κ3) is 1.93. The zero-order valence-corrected chi connectivity index (χ0v) is 9.89. The Bertz CT molecular complexity index is 350. The molecule has 0 amide bonds. The lowest BCUT2D eigenvalue weighted by atomic mass is 10.1. The van der Waals surface area contributed by atoms with Crippen LogP contribution in [0.3, 0.4) is 0 Å². The minimum absolute atomic E-state index is 0.369. The van der Waals surface area contributed by atoms with Gasteiger partial charge >= 0.3 is 0 Å². The number of nitrogens with one attached hydrogen (secondary N) is 1. The Kier molecular flexibility index (Phi) is 2.81. The van der Waals surface area contributed by atoms with Crippen molar-refractivity contribution in [2.75, 3.05) is 13.6 Å². The molecule has 4 heteroatoms. The second kappa shape index (κ2) is 3.83. The van der Waals surface area contributed by atoms with Crippen LogP contribution in [-0.4, -0.2) is 19.5 Å². The molecule has 1 saturated carbocycles. The Balaban J connectivity index is 2.16. The van der Waals surface area contributed by atoms with Crippen LogP contribution in [-0.2, 0) is 0 Å². The summed E-state index contributed by atoms with van der Waals surface area (Å²) in [5, 5.41) is 2.81. The van der Waals surface area contributed by atoms with Crippen molar-refractivity contribution in [3.8, 4) is 0 Å². The van der Waals surface area contributed by atoms with Gasteiger partial charge in [-0.1, -0.05) is 28.1 Å². The summed E-state index contributed by atoms with van der Waals surface area (Å²) in [7, 11) is 1.70. The van der Waals surface area contributed by atoms with Crippen molar-refractivity contribution in [3.05, 3.63) is 34.3 Å². The summed E-state index contributed by atoms with van der Waals surface area (Å²) in [5.41, 5.74) is 0.725. The number of hydrogen-bond acceptors (Lipinski definition) is 1. The molecule has 0 heterocycles. The first-order valence-electron chi connectivity index (χ1n) is 4.85. The minimum Gasteiger partial charge on any atom is -0.319 e. The molecule has 15 heavy (non-hydrogen) atoms. The average Bonchev–Trinajstić information content (AvgIpc) is 2.71. The Morgan fingerprint density at radius 2 is 1.93 bits per heavy atom. The molecule has 0 bridgehead atoms. The lowest BCUT2D eigenvalue weighted by Gasteiger charge is -1.98. The second-order valence-electron chi connectivity index (χ2n) is 3.87. The number of hydrogen-bond donors (Lipinski definition) is 1. The Morgan fingerprint density at radius 1 is 1.33 bits per heavy atom. The van der Waals surface area contributed by atoms with Crippen LogP contribution in [0.4, 0.5) is 8.78 Å². The predicted molar refractivity (Wildman–Crippen MR) is 59.2 cm³/mol. The maximum absolute atomic E-state index is 13.4. The zero-order chi connectivity index (χ0) is 11.1. The van der Waals surface area contributed by atoms with Crippen molar-refractivity contribution in [1.29, 1.82) is 0 Å². The molecule has 2 rings (SSSR count). The van der Waals surface area contributed by atoms with Gasteiger partial charge in [-0.25, -0.2) is 8.78 Å². The van der Waals surface area contributed by atoms with Gasteiger partial charge in [-0.05, 0) is 24.7 Å². The summed E-state index contributed by atoms with van der Waals surface area (Å²) in [4.78, 5) is 0. The third-order valence-electron chi connectivity index (χ3n) is 2.86. The van der Waals surface area contributed by atoms with Crippen molar-refractivity contribution < 1.29 is 8.78 Å². The van der Waals surface area contributed by atoms with E-state index in [0.29, 0.717) is 6.54 Å². The van der Waals surface area contributed by atoms with Gasteiger partial charge in [0.05, 0.1) is 5.92 Å². The van der Waals surface area contributed by atoms with Gasteiger partial charge in [0.25, 0.3) is 5.92 Å². The number of benzene rings is 1. The van der Waals surface area contributed by atoms with Gasteiger partial charge in [0.2, 0.25) is 0 Å². The lowest BCUT2D eigenvalue weighted by Crippen LogP contribution is -2.13. The summed E-state index contributed by atoms with van der Waals surface area (Å²) in [6.07, 6.45) is 0. The van der Waals surface area contributed by atoms with Gasteiger partial charge < -0.3 is 5.32 Å². The monoisotopic (exact) mass is 275 g/mol. The first-order valence-corrected chi connectivity index (χ1v) is 5.64. The molecule has 1 aliphatic rings. The summed E-state index contributed by atoms with van der Waals surface area (Å²) >= 11 is 3.29. The highest BCUT2D eigenvalue weighted by atomic mass is 79.9. The number of rotatable bonds is 3. The van der Waals surface area contributed by atoms with Crippen LogP contribution in [0.15, 0.2) is 28.7 Å². The van der Waals surface area contributed by atoms with E-state index in [-0.39, 0.29) is 0 Å². The molecule has 0 unspecified atom stereocenters. The lowest BCUT2D eigenvalue weighted by molar-refractivity contribution is 0.0934. The van der Waals surface area contributed by atoms with Crippen LogP contribution in [0.1, 0.15) is 11.5 Å². The van der Waals surface area contributed by atoms with Crippen molar-refractivity contribution in [2.24, 2.45) is 5.92 Å². The van der Waals surface area contributed by atoms with E-state index in [0.717, 1.165) is 10.0 Å². The zero-order valence-electron chi connectivity index (χ0n) is 8.31. The van der Waals surface area contributed by atoms with E-state index in [1.807, 2.05) is 0 Å². The van der Waals surface area contributed by atoms with Crippen LogP contribution in [0, 0.1) is 5.92 Å². The quantitative estimate of drug-likeness (QED) is 0.894. The molecule has 0 saturated heterocycles. The van der Waals surface area contributed by atoms with Crippen LogP contribution in [0.25, 0.3) is 0 Å². The standard InChI is InChI=1S/C11H12BrF2N/c1-15-6-9-10(11(9,13)14)7-2-4-8(12)5-3-7/h2-5,9-10,15H,6H2,1H3/t9-,10+/m0/s1. The summed E-state index contributed by atoms with van der Waals surface area (Å²) in [6.45, 7) is 0.369. The molecule has 1 nitrogen and oxygen atoms in total. The van der Waals surface area contributed by atoms with E-state index >= 15 is 0 Å². The van der Waals surface area contributed by atoms with Gasteiger partial charge in [-0.15, -0.1) is 0 Å². The maximum atomic E-state index is 13.4. The first kappa shape index (κ1) is 11.0. The molecule has 0 radical (unpaired) electrons. The van der Waals surface area contributed by atoms with Gasteiger partial charge in [-0.2, -0.15) is 0 Å². The Morgan fingerprint density at radius 3 is 2.47 bits per heavy atom. The van der Waals surface area contributed by atoms with Crippen molar-refractivity contribution in [1.82, 2.24) is 5.32 Å². The van der Waals surface area contributed by atoms with E-state index in [1.54, 1.807) is 31.3 Å². The highest BCUT2D eigenvalue weighted by molar-refractivity contribution is 9.10. The molecule has 1 aliphatic carbocycles. The smallest absolute Gasteiger partial charge is 0.260 e. The number of alkyl halides is 2. The highest BCUT2D eigenvalue weighted by Crippen LogP contribution is 2.61. The van der Waals surface area contributed by atoms with Crippen LogP contribution >= 0.6 is 15.9 Å². The molecule has 1 aromatic rings. The van der Waals surface area contributed by atoms with Gasteiger partial charge in [0.15, 0.2) is 0 Å². The van der Waals surface area contributed by atoms with E-state index in [2.05, 4.69) is 21.2 Å². The molecule has 1 aromatic carbocycles. The molecule has 1 fully saturated rings. The largest absolute Gasteiger partial charge is 0.319 e. The SMILES string of the molecule is CNC[C@H]1[C@@H](c2ccc(Br)cc2)C1(F)F. The maximum Gasteiger partial charge on any atom is 0.260 e. The molecule has 0 aliphatic heterocycles. The molecule has 2 atom stereocenters. The van der Waals surface area contributed by atoms with Crippen LogP contribution < -0.4 is 5.32 Å². The van der Waals surface area contributed by atoms with E-state index < -0.39 is 17.8 Å². The Labute approximate surface area is 96.0 Å². The summed E-state index contributed by atoms with van der Waals surface area (Å²) in [5.74, 6) is -3.71.